The van der Waals surface area contributed by atoms with Crippen molar-refractivity contribution >= 4 is 29.1 Å². The Morgan fingerprint density at radius 1 is 1.40 bits per heavy atom. The molecule has 0 bridgehead atoms. The Labute approximate surface area is 150 Å². The minimum absolute atomic E-state index is 0.0479. The SMILES string of the molecule is CCCc1nc(C(=O)N2CCC3(CC2)[C@@H](C(=O)O)CC(=O)N3C)cs1. The van der Waals surface area contributed by atoms with E-state index in [9.17, 15) is 19.5 Å². The summed E-state index contributed by atoms with van der Waals surface area (Å²) in [7, 11) is 1.68. The second-order valence-corrected chi connectivity index (χ2v) is 7.76. The van der Waals surface area contributed by atoms with E-state index in [0.29, 0.717) is 31.6 Å². The monoisotopic (exact) mass is 365 g/mol. The molecule has 3 rings (SSSR count). The highest BCUT2D eigenvalue weighted by atomic mass is 32.1. The Kier molecular flexibility index (Phi) is 4.81. The molecule has 0 aromatic carbocycles. The number of carbonyl (C=O) groups is 3. The van der Waals surface area contributed by atoms with Crippen molar-refractivity contribution in [2.24, 2.45) is 5.92 Å². The van der Waals surface area contributed by atoms with Gasteiger partial charge in [0.15, 0.2) is 0 Å². The van der Waals surface area contributed by atoms with Crippen molar-refractivity contribution in [3.8, 4) is 0 Å². The van der Waals surface area contributed by atoms with Crippen LogP contribution in [0.25, 0.3) is 0 Å². The van der Waals surface area contributed by atoms with Crippen molar-refractivity contribution in [2.45, 2.75) is 44.6 Å². The summed E-state index contributed by atoms with van der Waals surface area (Å²) in [5.41, 5.74) is -0.204. The highest BCUT2D eigenvalue weighted by molar-refractivity contribution is 7.09. The number of amides is 2. The van der Waals surface area contributed by atoms with E-state index in [0.717, 1.165) is 17.8 Å². The molecule has 0 saturated carbocycles. The maximum absolute atomic E-state index is 12.7. The first-order valence-corrected chi connectivity index (χ1v) is 9.50. The molecule has 2 aliphatic rings. The average molecular weight is 365 g/mol. The highest BCUT2D eigenvalue weighted by Crippen LogP contribution is 2.43. The maximum Gasteiger partial charge on any atom is 0.309 e. The number of piperidine rings is 1. The van der Waals surface area contributed by atoms with E-state index in [1.54, 1.807) is 22.2 Å². The fourth-order valence-electron chi connectivity index (χ4n) is 3.98. The summed E-state index contributed by atoms with van der Waals surface area (Å²) in [5, 5.41) is 12.3. The Balaban J connectivity index is 1.71. The number of carbonyl (C=O) groups excluding carboxylic acids is 2. The number of likely N-dealkylation sites (tertiary alicyclic amines) is 2. The van der Waals surface area contributed by atoms with E-state index in [2.05, 4.69) is 11.9 Å². The highest BCUT2D eigenvalue weighted by Gasteiger charge is 2.55. The van der Waals surface area contributed by atoms with E-state index in [1.807, 2.05) is 0 Å². The summed E-state index contributed by atoms with van der Waals surface area (Å²) < 4.78 is 0. The average Bonchev–Trinajstić information content (AvgIpc) is 3.15. The van der Waals surface area contributed by atoms with Crippen molar-refractivity contribution < 1.29 is 19.5 Å². The Morgan fingerprint density at radius 3 is 2.68 bits per heavy atom. The fraction of sp³-hybridized carbons (Fsp3) is 0.647. The number of rotatable bonds is 4. The number of hydrogen-bond donors (Lipinski definition) is 1. The minimum Gasteiger partial charge on any atom is -0.481 e. The molecule has 0 unspecified atom stereocenters. The van der Waals surface area contributed by atoms with E-state index in [-0.39, 0.29) is 18.2 Å². The zero-order valence-corrected chi connectivity index (χ0v) is 15.3. The Hall–Kier alpha value is -1.96. The van der Waals surface area contributed by atoms with Gasteiger partial charge in [0.05, 0.1) is 16.5 Å². The first-order valence-electron chi connectivity index (χ1n) is 8.62. The first kappa shape index (κ1) is 17.8. The number of aliphatic carboxylic acids is 1. The molecule has 136 valence electrons. The zero-order valence-electron chi connectivity index (χ0n) is 14.5. The molecule has 2 saturated heterocycles. The molecular weight excluding hydrogens is 342 g/mol. The summed E-state index contributed by atoms with van der Waals surface area (Å²) in [6.07, 6.45) is 2.89. The summed E-state index contributed by atoms with van der Waals surface area (Å²) in [6.45, 7) is 2.97. The molecule has 1 spiro atoms. The quantitative estimate of drug-likeness (QED) is 0.876. The lowest BCUT2D eigenvalue weighted by Gasteiger charge is -2.45. The lowest BCUT2D eigenvalue weighted by molar-refractivity contribution is -0.145. The standard InChI is InChI=1S/C17H23N3O4S/c1-3-4-13-18-12(10-25-13)15(22)20-7-5-17(6-8-20)11(16(23)24)9-14(21)19(17)2/h10-11H,3-9H2,1-2H3,(H,23,24)/t11-/m1/s1. The third-order valence-corrected chi connectivity index (χ3v) is 6.43. The Morgan fingerprint density at radius 2 is 2.08 bits per heavy atom. The molecule has 1 N–H and O–H groups in total. The topological polar surface area (TPSA) is 90.8 Å². The molecule has 8 heteroatoms. The number of hydrogen-bond acceptors (Lipinski definition) is 5. The summed E-state index contributed by atoms with van der Waals surface area (Å²) in [4.78, 5) is 44.0. The van der Waals surface area contributed by atoms with Gasteiger partial charge in [-0.25, -0.2) is 4.98 Å². The van der Waals surface area contributed by atoms with Gasteiger partial charge in [-0.3, -0.25) is 14.4 Å². The van der Waals surface area contributed by atoms with Crippen molar-refractivity contribution in [1.29, 1.82) is 0 Å². The van der Waals surface area contributed by atoms with E-state index >= 15 is 0 Å². The molecule has 1 aromatic heterocycles. The molecule has 3 heterocycles. The van der Waals surface area contributed by atoms with Gasteiger partial charge in [0.2, 0.25) is 5.91 Å². The van der Waals surface area contributed by atoms with Crippen LogP contribution >= 0.6 is 11.3 Å². The van der Waals surface area contributed by atoms with E-state index in [4.69, 9.17) is 0 Å². The van der Waals surface area contributed by atoms with Crippen LogP contribution in [0.15, 0.2) is 5.38 Å². The number of aryl methyl sites for hydroxylation is 1. The van der Waals surface area contributed by atoms with Crippen LogP contribution in [0.2, 0.25) is 0 Å². The van der Waals surface area contributed by atoms with Crippen LogP contribution in [0.4, 0.5) is 0 Å². The zero-order chi connectivity index (χ0) is 18.2. The predicted octanol–water partition coefficient (Wildman–Crippen LogP) is 1.63. The molecule has 1 atom stereocenters. The molecule has 0 radical (unpaired) electrons. The molecule has 0 aliphatic carbocycles. The van der Waals surface area contributed by atoms with Crippen LogP contribution < -0.4 is 0 Å². The third-order valence-electron chi connectivity index (χ3n) is 5.52. The van der Waals surface area contributed by atoms with Gasteiger partial charge in [-0.1, -0.05) is 6.92 Å². The smallest absolute Gasteiger partial charge is 0.309 e. The molecule has 2 aliphatic heterocycles. The molecular formula is C17H23N3O4S. The molecule has 1 aromatic rings. The summed E-state index contributed by atoms with van der Waals surface area (Å²) in [5.74, 6) is -1.86. The van der Waals surface area contributed by atoms with Crippen molar-refractivity contribution in [2.75, 3.05) is 20.1 Å². The van der Waals surface area contributed by atoms with E-state index in [1.165, 1.54) is 11.3 Å². The normalized spacial score (nSPS) is 22.6. The van der Waals surface area contributed by atoms with Gasteiger partial charge < -0.3 is 14.9 Å². The van der Waals surface area contributed by atoms with Gasteiger partial charge in [-0.05, 0) is 25.7 Å². The van der Waals surface area contributed by atoms with Crippen molar-refractivity contribution in [1.82, 2.24) is 14.8 Å². The van der Waals surface area contributed by atoms with Crippen molar-refractivity contribution in [3.63, 3.8) is 0 Å². The predicted molar refractivity (Wildman–Crippen MR) is 92.5 cm³/mol. The fourth-order valence-corrected chi connectivity index (χ4v) is 4.86. The molecule has 25 heavy (non-hydrogen) atoms. The number of carboxylic acid groups (broad SMARTS) is 1. The van der Waals surface area contributed by atoms with Crippen LogP contribution in [0, 0.1) is 5.92 Å². The van der Waals surface area contributed by atoms with Gasteiger partial charge in [-0.2, -0.15) is 0 Å². The summed E-state index contributed by atoms with van der Waals surface area (Å²) in [6, 6.07) is 0. The van der Waals surface area contributed by atoms with Crippen LogP contribution in [-0.4, -0.2) is 63.4 Å². The van der Waals surface area contributed by atoms with Gasteiger partial charge >= 0.3 is 5.97 Å². The second kappa shape index (κ2) is 6.74. The maximum atomic E-state index is 12.7. The van der Waals surface area contributed by atoms with Gasteiger partial charge in [0, 0.05) is 31.9 Å². The Bertz CT molecular complexity index is 694. The minimum atomic E-state index is -0.929. The third kappa shape index (κ3) is 3.03. The van der Waals surface area contributed by atoms with Crippen LogP contribution in [-0.2, 0) is 16.0 Å². The largest absolute Gasteiger partial charge is 0.481 e. The van der Waals surface area contributed by atoms with Crippen LogP contribution in [0.1, 0.15) is 48.1 Å². The number of aromatic nitrogens is 1. The van der Waals surface area contributed by atoms with Gasteiger partial charge in [0.1, 0.15) is 5.69 Å². The van der Waals surface area contributed by atoms with Crippen LogP contribution in [0.5, 0.6) is 0 Å². The number of carboxylic acids is 1. The van der Waals surface area contributed by atoms with Gasteiger partial charge in [-0.15, -0.1) is 11.3 Å². The van der Waals surface area contributed by atoms with Gasteiger partial charge in [0.25, 0.3) is 5.91 Å². The molecule has 2 fully saturated rings. The van der Waals surface area contributed by atoms with Crippen molar-refractivity contribution in [3.05, 3.63) is 16.1 Å². The summed E-state index contributed by atoms with van der Waals surface area (Å²) >= 11 is 1.50. The molecule has 7 nitrogen and oxygen atoms in total. The van der Waals surface area contributed by atoms with Crippen LogP contribution in [0.3, 0.4) is 0 Å². The van der Waals surface area contributed by atoms with E-state index < -0.39 is 17.4 Å². The first-order chi connectivity index (χ1) is 11.9. The number of nitrogens with zero attached hydrogens (tertiary/aromatic N) is 3. The lowest BCUT2D eigenvalue weighted by atomic mass is 9.77. The second-order valence-electron chi connectivity index (χ2n) is 6.82. The lowest BCUT2D eigenvalue weighted by Crippen LogP contribution is -2.57. The molecule has 2 amide bonds. The number of thiazole rings is 1.